The van der Waals surface area contributed by atoms with Crippen LogP contribution < -0.4 is 5.32 Å². The van der Waals surface area contributed by atoms with Crippen LogP contribution in [-0.4, -0.2) is 53.2 Å². The third-order valence-corrected chi connectivity index (χ3v) is 2.43. The molecule has 0 aromatic carbocycles. The van der Waals surface area contributed by atoms with E-state index in [2.05, 4.69) is 5.32 Å². The van der Waals surface area contributed by atoms with Crippen LogP contribution in [0.15, 0.2) is 0 Å². The van der Waals surface area contributed by atoms with Gasteiger partial charge in [0.25, 0.3) is 0 Å². The maximum absolute atomic E-state index is 11.6. The Morgan fingerprint density at radius 2 is 2.00 bits per heavy atom. The molecule has 0 aliphatic carbocycles. The Balaban J connectivity index is 2.76. The van der Waals surface area contributed by atoms with Crippen LogP contribution in [-0.2, 0) is 19.2 Å². The monoisotopic (exact) mass is 242 g/mol. The smallest absolute Gasteiger partial charge is 0.243 e. The zero-order valence-electron chi connectivity index (χ0n) is 9.22. The van der Waals surface area contributed by atoms with E-state index in [0.29, 0.717) is 6.29 Å². The second kappa shape index (κ2) is 6.09. The lowest BCUT2D eigenvalue weighted by Gasteiger charge is -2.23. The number of aldehydes is 1. The van der Waals surface area contributed by atoms with Crippen molar-refractivity contribution in [1.29, 1.82) is 0 Å². The molecule has 17 heavy (non-hydrogen) atoms. The van der Waals surface area contributed by atoms with Crippen LogP contribution in [0.5, 0.6) is 0 Å². The molecule has 7 nitrogen and oxygen atoms in total. The van der Waals surface area contributed by atoms with Gasteiger partial charge in [0.05, 0.1) is 6.61 Å². The van der Waals surface area contributed by atoms with E-state index in [1.165, 1.54) is 0 Å². The minimum atomic E-state index is -1.10. The predicted molar refractivity (Wildman–Crippen MR) is 55.7 cm³/mol. The molecule has 1 rings (SSSR count). The number of rotatable bonds is 6. The lowest BCUT2D eigenvalue weighted by Crippen LogP contribution is -2.50. The number of likely N-dealkylation sites (tertiary alicyclic amines) is 1. The van der Waals surface area contributed by atoms with E-state index < -0.39 is 23.8 Å². The first-order chi connectivity index (χ1) is 8.11. The molecule has 0 saturated carbocycles. The number of aliphatic hydroxyl groups is 1. The normalized spacial score (nSPS) is 17.1. The third kappa shape index (κ3) is 3.10. The number of hydrogen-bond donors (Lipinski definition) is 2. The maximum atomic E-state index is 11.6. The molecule has 94 valence electrons. The van der Waals surface area contributed by atoms with Crippen LogP contribution >= 0.6 is 0 Å². The Hall–Kier alpha value is -1.76. The number of amides is 3. The van der Waals surface area contributed by atoms with Crippen LogP contribution in [0.1, 0.15) is 19.3 Å². The molecule has 0 aromatic heterocycles. The van der Waals surface area contributed by atoms with Crippen molar-refractivity contribution in [2.45, 2.75) is 25.3 Å². The van der Waals surface area contributed by atoms with Crippen molar-refractivity contribution in [3.05, 3.63) is 0 Å². The average molecular weight is 242 g/mol. The van der Waals surface area contributed by atoms with Gasteiger partial charge >= 0.3 is 0 Å². The van der Waals surface area contributed by atoms with Gasteiger partial charge in [0.1, 0.15) is 12.3 Å². The summed E-state index contributed by atoms with van der Waals surface area (Å²) in [5, 5.41) is 10.9. The van der Waals surface area contributed by atoms with Gasteiger partial charge in [-0.2, -0.15) is 0 Å². The number of aliphatic hydroxyl groups excluding tert-OH is 1. The van der Waals surface area contributed by atoms with Crippen molar-refractivity contribution in [2.24, 2.45) is 0 Å². The number of hydrogen-bond acceptors (Lipinski definition) is 5. The quantitative estimate of drug-likeness (QED) is 0.422. The van der Waals surface area contributed by atoms with Gasteiger partial charge in [0.2, 0.25) is 17.7 Å². The van der Waals surface area contributed by atoms with Gasteiger partial charge in [-0.1, -0.05) is 0 Å². The topological polar surface area (TPSA) is 104 Å². The van der Waals surface area contributed by atoms with E-state index in [1.54, 1.807) is 0 Å². The molecular weight excluding hydrogens is 228 g/mol. The Morgan fingerprint density at radius 1 is 1.41 bits per heavy atom. The molecule has 1 saturated heterocycles. The molecule has 1 atom stereocenters. The number of carbonyl (C=O) groups is 4. The zero-order valence-corrected chi connectivity index (χ0v) is 9.22. The molecule has 0 spiro atoms. The molecule has 0 bridgehead atoms. The number of carbonyl (C=O) groups excluding carboxylic acids is 4. The number of nitrogens with one attached hydrogen (secondary N) is 1. The van der Waals surface area contributed by atoms with Crippen molar-refractivity contribution in [1.82, 2.24) is 10.2 Å². The summed E-state index contributed by atoms with van der Waals surface area (Å²) in [6.45, 7) is -0.230. The minimum Gasteiger partial charge on any atom is -0.395 e. The fourth-order valence-corrected chi connectivity index (χ4v) is 1.66. The van der Waals surface area contributed by atoms with E-state index in [0.717, 1.165) is 4.90 Å². The number of nitrogens with zero attached hydrogens (tertiary/aromatic N) is 1. The molecule has 0 radical (unpaired) electrons. The van der Waals surface area contributed by atoms with Crippen LogP contribution in [0, 0.1) is 0 Å². The first-order valence-electron chi connectivity index (χ1n) is 5.29. The summed E-state index contributed by atoms with van der Waals surface area (Å²) < 4.78 is 0. The van der Waals surface area contributed by atoms with Gasteiger partial charge in [-0.15, -0.1) is 0 Å². The first kappa shape index (κ1) is 13.3. The summed E-state index contributed by atoms with van der Waals surface area (Å²) in [6.07, 6.45) is 0.403. The van der Waals surface area contributed by atoms with Crippen LogP contribution in [0.25, 0.3) is 0 Å². The average Bonchev–Trinajstić information content (AvgIpc) is 2.63. The van der Waals surface area contributed by atoms with E-state index in [1.807, 2.05) is 0 Å². The zero-order chi connectivity index (χ0) is 12.8. The second-order valence-corrected chi connectivity index (χ2v) is 3.59. The van der Waals surface area contributed by atoms with Crippen LogP contribution in [0.4, 0.5) is 0 Å². The summed E-state index contributed by atoms with van der Waals surface area (Å²) >= 11 is 0. The molecule has 1 unspecified atom stereocenters. The van der Waals surface area contributed by atoms with Crippen molar-refractivity contribution in [3.8, 4) is 0 Å². The summed E-state index contributed by atoms with van der Waals surface area (Å²) in [6, 6.07) is -1.10. The molecule has 0 aromatic rings. The molecule has 1 aliphatic rings. The molecule has 7 heteroatoms. The molecule has 2 N–H and O–H groups in total. The predicted octanol–water partition coefficient (Wildman–Crippen LogP) is -1.80. The Morgan fingerprint density at radius 3 is 2.47 bits per heavy atom. The highest BCUT2D eigenvalue weighted by Crippen LogP contribution is 2.17. The molecule has 1 heterocycles. The minimum absolute atomic E-state index is 0.0183. The standard InChI is InChI=1S/C10H14N2O5/c13-5-3-7(10(17)11-4-6-14)12-8(15)1-2-9(12)16/h5,7,14H,1-4,6H2,(H,11,17). The van der Waals surface area contributed by atoms with Gasteiger partial charge in [-0.05, 0) is 0 Å². The van der Waals surface area contributed by atoms with E-state index in [-0.39, 0.29) is 32.4 Å². The lowest BCUT2D eigenvalue weighted by molar-refractivity contribution is -0.147. The summed E-state index contributed by atoms with van der Waals surface area (Å²) in [7, 11) is 0. The fraction of sp³-hybridized carbons (Fsp3) is 0.600. The summed E-state index contributed by atoms with van der Waals surface area (Å²) in [5.74, 6) is -1.49. The van der Waals surface area contributed by atoms with Crippen molar-refractivity contribution in [3.63, 3.8) is 0 Å². The van der Waals surface area contributed by atoms with Crippen molar-refractivity contribution >= 4 is 24.0 Å². The molecule has 3 amide bonds. The largest absolute Gasteiger partial charge is 0.395 e. The van der Waals surface area contributed by atoms with Crippen molar-refractivity contribution in [2.75, 3.05) is 13.2 Å². The van der Waals surface area contributed by atoms with Gasteiger partial charge in [0, 0.05) is 25.8 Å². The Kier molecular flexibility index (Phi) is 4.77. The first-order valence-corrected chi connectivity index (χ1v) is 5.29. The van der Waals surface area contributed by atoms with E-state index in [9.17, 15) is 19.2 Å². The molecule has 1 fully saturated rings. The van der Waals surface area contributed by atoms with Crippen LogP contribution in [0.3, 0.4) is 0 Å². The molecular formula is C10H14N2O5. The van der Waals surface area contributed by atoms with Crippen molar-refractivity contribution < 1.29 is 24.3 Å². The van der Waals surface area contributed by atoms with Gasteiger partial charge in [-0.25, -0.2) is 0 Å². The molecule has 1 aliphatic heterocycles. The summed E-state index contributed by atoms with van der Waals surface area (Å²) in [5.41, 5.74) is 0. The Labute approximate surface area is 97.8 Å². The Bertz CT molecular complexity index is 326. The van der Waals surface area contributed by atoms with Gasteiger partial charge in [0.15, 0.2) is 0 Å². The third-order valence-electron chi connectivity index (χ3n) is 2.43. The van der Waals surface area contributed by atoms with Gasteiger partial charge < -0.3 is 15.2 Å². The van der Waals surface area contributed by atoms with Gasteiger partial charge in [-0.3, -0.25) is 19.3 Å². The number of imide groups is 1. The SMILES string of the molecule is O=CCC(C(=O)NCCO)N1C(=O)CCC1=O. The van der Waals surface area contributed by atoms with E-state index >= 15 is 0 Å². The highest BCUT2D eigenvalue weighted by atomic mass is 16.3. The summed E-state index contributed by atoms with van der Waals surface area (Å²) in [4.78, 5) is 45.8. The second-order valence-electron chi connectivity index (χ2n) is 3.59. The van der Waals surface area contributed by atoms with Crippen LogP contribution in [0.2, 0.25) is 0 Å². The van der Waals surface area contributed by atoms with E-state index in [4.69, 9.17) is 5.11 Å². The lowest BCUT2D eigenvalue weighted by atomic mass is 10.1. The highest BCUT2D eigenvalue weighted by Gasteiger charge is 2.38. The fourth-order valence-electron chi connectivity index (χ4n) is 1.66. The maximum Gasteiger partial charge on any atom is 0.243 e. The highest BCUT2D eigenvalue weighted by molar-refractivity contribution is 6.06.